The minimum absolute atomic E-state index is 0.145. The highest BCUT2D eigenvalue weighted by atomic mass is 16.2. The molecule has 2 N–H and O–H groups in total. The van der Waals surface area contributed by atoms with Crippen LogP contribution in [0.3, 0.4) is 0 Å². The average molecular weight is 168 g/mol. The molecule has 1 saturated carbocycles. The molecule has 2 rings (SSSR count). The number of hydrogen-bond donors (Lipinski definition) is 2. The van der Waals surface area contributed by atoms with Gasteiger partial charge in [0.1, 0.15) is 0 Å². The minimum Gasteiger partial charge on any atom is -0.353 e. The van der Waals surface area contributed by atoms with Crippen molar-refractivity contribution in [2.45, 2.75) is 37.6 Å². The maximum Gasteiger partial charge on any atom is 0.234 e. The van der Waals surface area contributed by atoms with Crippen LogP contribution in [0.4, 0.5) is 0 Å². The Labute approximate surface area is 72.9 Å². The average Bonchev–Trinajstić information content (AvgIpc) is 2.13. The summed E-state index contributed by atoms with van der Waals surface area (Å²) in [6.07, 6.45) is 6.43. The second-order valence-electron chi connectivity index (χ2n) is 3.97. The molecular weight excluding hydrogens is 152 g/mol. The zero-order chi connectivity index (χ0) is 8.44. The van der Waals surface area contributed by atoms with Crippen molar-refractivity contribution in [2.24, 2.45) is 0 Å². The maximum absolute atomic E-state index is 10.9. The predicted octanol–water partition coefficient (Wildman–Crippen LogP) is 0.409. The van der Waals surface area contributed by atoms with Gasteiger partial charge in [0.15, 0.2) is 0 Å². The van der Waals surface area contributed by atoms with E-state index < -0.39 is 0 Å². The Morgan fingerprint density at radius 3 is 2.50 bits per heavy atom. The highest BCUT2D eigenvalue weighted by molar-refractivity contribution is 5.79. The van der Waals surface area contributed by atoms with Gasteiger partial charge in [0.25, 0.3) is 0 Å². The van der Waals surface area contributed by atoms with E-state index in [2.05, 4.69) is 10.6 Å². The van der Waals surface area contributed by atoms with Crippen LogP contribution in [0.5, 0.6) is 0 Å². The smallest absolute Gasteiger partial charge is 0.234 e. The van der Waals surface area contributed by atoms with Crippen LogP contribution in [-0.2, 0) is 4.79 Å². The first kappa shape index (κ1) is 8.05. The van der Waals surface area contributed by atoms with E-state index in [9.17, 15) is 4.79 Å². The molecule has 0 aromatic rings. The lowest BCUT2D eigenvalue weighted by molar-refractivity contribution is -0.122. The van der Waals surface area contributed by atoms with Crippen LogP contribution in [0.1, 0.15) is 32.1 Å². The normalized spacial score (nSPS) is 28.5. The first-order chi connectivity index (χ1) is 5.81. The third-order valence-corrected chi connectivity index (χ3v) is 3.06. The molecule has 1 aliphatic carbocycles. The number of hydrogen-bond acceptors (Lipinski definition) is 2. The van der Waals surface area contributed by atoms with E-state index in [0.29, 0.717) is 6.54 Å². The Balaban J connectivity index is 1.96. The van der Waals surface area contributed by atoms with Gasteiger partial charge >= 0.3 is 0 Å². The fourth-order valence-electron chi connectivity index (χ4n) is 2.24. The molecule has 1 aliphatic heterocycles. The monoisotopic (exact) mass is 168 g/mol. The van der Waals surface area contributed by atoms with Gasteiger partial charge in [-0.3, -0.25) is 4.79 Å². The second-order valence-corrected chi connectivity index (χ2v) is 3.97. The molecule has 0 aromatic carbocycles. The molecule has 2 aliphatic rings. The van der Waals surface area contributed by atoms with E-state index in [-0.39, 0.29) is 11.4 Å². The third-order valence-electron chi connectivity index (χ3n) is 3.06. The molecule has 1 saturated heterocycles. The van der Waals surface area contributed by atoms with Crippen LogP contribution in [0.2, 0.25) is 0 Å². The van der Waals surface area contributed by atoms with Crippen molar-refractivity contribution in [1.29, 1.82) is 0 Å². The summed E-state index contributed by atoms with van der Waals surface area (Å²) >= 11 is 0. The van der Waals surface area contributed by atoms with Crippen molar-refractivity contribution in [3.05, 3.63) is 0 Å². The molecule has 3 heteroatoms. The van der Waals surface area contributed by atoms with Crippen LogP contribution in [0.15, 0.2) is 0 Å². The summed E-state index contributed by atoms with van der Waals surface area (Å²) in [7, 11) is 0. The van der Waals surface area contributed by atoms with E-state index in [1.165, 1.54) is 32.1 Å². The Morgan fingerprint density at radius 2 is 1.92 bits per heavy atom. The van der Waals surface area contributed by atoms with Crippen LogP contribution < -0.4 is 10.6 Å². The van der Waals surface area contributed by atoms with Crippen LogP contribution in [-0.4, -0.2) is 24.5 Å². The maximum atomic E-state index is 10.9. The van der Waals surface area contributed by atoms with E-state index in [1.807, 2.05) is 0 Å². The quantitative estimate of drug-likeness (QED) is 0.550. The van der Waals surface area contributed by atoms with Crippen LogP contribution in [0.25, 0.3) is 0 Å². The lowest BCUT2D eigenvalue weighted by atomic mass is 9.80. The largest absolute Gasteiger partial charge is 0.353 e. The van der Waals surface area contributed by atoms with E-state index in [0.717, 1.165) is 6.54 Å². The van der Waals surface area contributed by atoms with Crippen molar-refractivity contribution >= 4 is 5.91 Å². The van der Waals surface area contributed by atoms with Gasteiger partial charge in [-0.2, -0.15) is 0 Å². The van der Waals surface area contributed by atoms with Crippen molar-refractivity contribution in [1.82, 2.24) is 10.6 Å². The van der Waals surface area contributed by atoms with Crippen molar-refractivity contribution < 1.29 is 4.79 Å². The first-order valence-corrected chi connectivity index (χ1v) is 4.83. The summed E-state index contributed by atoms with van der Waals surface area (Å²) in [5.74, 6) is 0.145. The highest BCUT2D eigenvalue weighted by Gasteiger charge is 2.34. The third kappa shape index (κ3) is 1.46. The molecule has 2 fully saturated rings. The number of amides is 1. The lowest BCUT2D eigenvalue weighted by Gasteiger charge is -2.41. The standard InChI is InChI=1S/C9H16N2O/c12-8-6-11-9(7-10-8)4-2-1-3-5-9/h11H,1-7H2,(H,10,12). The second kappa shape index (κ2) is 3.05. The summed E-state index contributed by atoms with van der Waals surface area (Å²) in [4.78, 5) is 10.9. The minimum atomic E-state index is 0.145. The number of piperazine rings is 1. The molecular formula is C9H16N2O. The predicted molar refractivity (Wildman–Crippen MR) is 46.8 cm³/mol. The van der Waals surface area contributed by atoms with E-state index in [1.54, 1.807) is 0 Å². The van der Waals surface area contributed by atoms with Gasteiger partial charge < -0.3 is 10.6 Å². The topological polar surface area (TPSA) is 41.1 Å². The van der Waals surface area contributed by atoms with Gasteiger partial charge in [-0.15, -0.1) is 0 Å². The number of carbonyl (C=O) groups is 1. The Kier molecular flexibility index (Phi) is 2.05. The molecule has 3 nitrogen and oxygen atoms in total. The van der Waals surface area contributed by atoms with E-state index in [4.69, 9.17) is 0 Å². The lowest BCUT2D eigenvalue weighted by Crippen LogP contribution is -2.61. The molecule has 0 radical (unpaired) electrons. The Bertz CT molecular complexity index is 173. The fourth-order valence-corrected chi connectivity index (χ4v) is 2.24. The molecule has 0 unspecified atom stereocenters. The van der Waals surface area contributed by atoms with Crippen LogP contribution >= 0.6 is 0 Å². The van der Waals surface area contributed by atoms with Gasteiger partial charge in [-0.05, 0) is 12.8 Å². The van der Waals surface area contributed by atoms with Gasteiger partial charge in [0.05, 0.1) is 6.54 Å². The molecule has 1 amide bonds. The van der Waals surface area contributed by atoms with Crippen molar-refractivity contribution in [2.75, 3.05) is 13.1 Å². The molecule has 12 heavy (non-hydrogen) atoms. The number of carbonyl (C=O) groups excluding carboxylic acids is 1. The summed E-state index contributed by atoms with van der Waals surface area (Å²) in [6.45, 7) is 1.35. The molecule has 0 atom stereocenters. The van der Waals surface area contributed by atoms with Gasteiger partial charge in [-0.25, -0.2) is 0 Å². The summed E-state index contributed by atoms with van der Waals surface area (Å²) in [6, 6.07) is 0. The summed E-state index contributed by atoms with van der Waals surface area (Å²) in [5.41, 5.74) is 0.256. The number of rotatable bonds is 0. The SMILES string of the molecule is O=C1CNC2(CCCCC2)CN1. The van der Waals surface area contributed by atoms with Gasteiger partial charge in [0.2, 0.25) is 5.91 Å². The van der Waals surface area contributed by atoms with Gasteiger partial charge in [-0.1, -0.05) is 19.3 Å². The van der Waals surface area contributed by atoms with Crippen LogP contribution in [0, 0.1) is 0 Å². The first-order valence-electron chi connectivity index (χ1n) is 4.83. The summed E-state index contributed by atoms with van der Waals surface area (Å²) in [5, 5.41) is 6.31. The number of nitrogens with one attached hydrogen (secondary N) is 2. The van der Waals surface area contributed by atoms with Crippen molar-refractivity contribution in [3.8, 4) is 0 Å². The molecule has 0 aromatic heterocycles. The summed E-state index contributed by atoms with van der Waals surface area (Å²) < 4.78 is 0. The fraction of sp³-hybridized carbons (Fsp3) is 0.889. The zero-order valence-electron chi connectivity index (χ0n) is 7.36. The molecule has 68 valence electrons. The van der Waals surface area contributed by atoms with Crippen molar-refractivity contribution in [3.63, 3.8) is 0 Å². The zero-order valence-corrected chi connectivity index (χ0v) is 7.36. The highest BCUT2D eigenvalue weighted by Crippen LogP contribution is 2.28. The molecule has 1 heterocycles. The van der Waals surface area contributed by atoms with Gasteiger partial charge in [0, 0.05) is 12.1 Å². The molecule has 1 spiro atoms. The molecule has 0 bridgehead atoms. The Morgan fingerprint density at radius 1 is 1.17 bits per heavy atom. The Hall–Kier alpha value is -0.570. The van der Waals surface area contributed by atoms with E-state index >= 15 is 0 Å².